The first-order chi connectivity index (χ1) is 13.7. The summed E-state index contributed by atoms with van der Waals surface area (Å²) in [6, 6.07) is 11.4. The summed E-state index contributed by atoms with van der Waals surface area (Å²) in [7, 11) is 0. The Hall–Kier alpha value is -3.82. The molecule has 4 rings (SSSR count). The Labute approximate surface area is 162 Å². The number of hydrogen-bond acceptors (Lipinski definition) is 4. The van der Waals surface area contributed by atoms with Crippen LogP contribution in [-0.4, -0.2) is 25.3 Å². The molecular formula is C19H15F3N6O. The van der Waals surface area contributed by atoms with Crippen molar-refractivity contribution in [2.75, 3.05) is 11.1 Å². The van der Waals surface area contributed by atoms with Crippen molar-refractivity contribution in [1.82, 2.24) is 19.4 Å². The number of anilines is 2. The zero-order valence-corrected chi connectivity index (χ0v) is 15.1. The standard InChI is InChI=1S/C19H15F3N6O/c1-11-9-15(28(25-11)13-6-4-5-12(10-13)19(20,21)22)24-18(29)16-14-7-2-3-8-27(14)26-17(16)23/h2-10H,1H3,(H2,23,26)(H,24,29). The van der Waals surface area contributed by atoms with Crippen molar-refractivity contribution in [3.05, 3.63) is 71.5 Å². The molecule has 3 N–H and O–H groups in total. The van der Waals surface area contributed by atoms with Crippen LogP contribution >= 0.6 is 0 Å². The summed E-state index contributed by atoms with van der Waals surface area (Å²) in [6.07, 6.45) is -2.84. The van der Waals surface area contributed by atoms with Crippen LogP contribution in [0.4, 0.5) is 24.8 Å². The van der Waals surface area contributed by atoms with E-state index in [0.717, 1.165) is 12.1 Å². The number of nitrogens with zero attached hydrogens (tertiary/aromatic N) is 4. The number of carbonyl (C=O) groups is 1. The van der Waals surface area contributed by atoms with Crippen LogP contribution in [0, 0.1) is 6.92 Å². The van der Waals surface area contributed by atoms with Crippen LogP contribution in [0.3, 0.4) is 0 Å². The highest BCUT2D eigenvalue weighted by molar-refractivity contribution is 6.12. The van der Waals surface area contributed by atoms with Crippen LogP contribution in [0.25, 0.3) is 11.2 Å². The number of amides is 1. The molecule has 0 aliphatic carbocycles. The first kappa shape index (κ1) is 18.5. The summed E-state index contributed by atoms with van der Waals surface area (Å²) in [5.74, 6) is -0.297. The van der Waals surface area contributed by atoms with Gasteiger partial charge in [-0.05, 0) is 37.3 Å². The van der Waals surface area contributed by atoms with E-state index in [1.165, 1.54) is 21.3 Å². The molecule has 4 aromatic rings. The van der Waals surface area contributed by atoms with Gasteiger partial charge in [-0.25, -0.2) is 9.20 Å². The lowest BCUT2D eigenvalue weighted by atomic mass is 10.2. The Morgan fingerprint density at radius 3 is 2.66 bits per heavy atom. The average Bonchev–Trinajstić information content (AvgIpc) is 3.19. The number of halogens is 3. The number of aromatic nitrogens is 4. The minimum absolute atomic E-state index is 0.0376. The van der Waals surface area contributed by atoms with Gasteiger partial charge in [-0.1, -0.05) is 12.1 Å². The van der Waals surface area contributed by atoms with Gasteiger partial charge in [0.1, 0.15) is 11.4 Å². The number of aryl methyl sites for hydroxylation is 1. The van der Waals surface area contributed by atoms with Crippen molar-refractivity contribution in [2.45, 2.75) is 13.1 Å². The quantitative estimate of drug-likeness (QED) is 0.549. The maximum Gasteiger partial charge on any atom is 0.416 e. The second kappa shape index (κ2) is 6.66. The lowest BCUT2D eigenvalue weighted by Gasteiger charge is -2.11. The largest absolute Gasteiger partial charge is 0.416 e. The summed E-state index contributed by atoms with van der Waals surface area (Å²) in [5.41, 5.74) is 6.43. The molecule has 0 bridgehead atoms. The van der Waals surface area contributed by atoms with E-state index in [0.29, 0.717) is 11.2 Å². The summed E-state index contributed by atoms with van der Waals surface area (Å²) in [6.45, 7) is 1.67. The molecule has 0 unspecified atom stereocenters. The van der Waals surface area contributed by atoms with E-state index in [1.807, 2.05) is 0 Å². The molecular weight excluding hydrogens is 385 g/mol. The number of rotatable bonds is 3. The normalized spacial score (nSPS) is 11.7. The number of nitrogens with one attached hydrogen (secondary N) is 1. The summed E-state index contributed by atoms with van der Waals surface area (Å²) in [4.78, 5) is 12.9. The lowest BCUT2D eigenvalue weighted by Crippen LogP contribution is -2.16. The molecule has 0 saturated heterocycles. The molecule has 0 radical (unpaired) electrons. The minimum atomic E-state index is -4.49. The molecule has 1 aromatic carbocycles. The van der Waals surface area contributed by atoms with Crippen LogP contribution in [0.5, 0.6) is 0 Å². The fourth-order valence-corrected chi connectivity index (χ4v) is 3.03. The Morgan fingerprint density at radius 1 is 1.10 bits per heavy atom. The second-order valence-corrected chi connectivity index (χ2v) is 6.38. The third-order valence-corrected chi connectivity index (χ3v) is 4.29. The van der Waals surface area contributed by atoms with Crippen LogP contribution in [0.1, 0.15) is 21.6 Å². The van der Waals surface area contributed by atoms with E-state index < -0.39 is 17.6 Å². The zero-order valence-electron chi connectivity index (χ0n) is 15.1. The SMILES string of the molecule is Cc1cc(NC(=O)c2c(N)nn3ccccc23)n(-c2cccc(C(F)(F)F)c2)n1. The van der Waals surface area contributed by atoms with E-state index in [9.17, 15) is 18.0 Å². The Balaban J connectivity index is 1.73. The maximum absolute atomic E-state index is 13.1. The highest BCUT2D eigenvalue weighted by Crippen LogP contribution is 2.31. The van der Waals surface area contributed by atoms with Gasteiger partial charge in [0, 0.05) is 12.3 Å². The fourth-order valence-electron chi connectivity index (χ4n) is 3.03. The molecule has 148 valence electrons. The highest BCUT2D eigenvalue weighted by Gasteiger charge is 2.31. The van der Waals surface area contributed by atoms with Crippen molar-refractivity contribution >= 4 is 23.1 Å². The van der Waals surface area contributed by atoms with E-state index in [4.69, 9.17) is 5.73 Å². The Bertz CT molecular complexity index is 1220. The first-order valence-electron chi connectivity index (χ1n) is 8.52. The van der Waals surface area contributed by atoms with Gasteiger partial charge in [0.05, 0.1) is 22.5 Å². The van der Waals surface area contributed by atoms with Gasteiger partial charge in [-0.15, -0.1) is 5.10 Å². The predicted octanol–water partition coefficient (Wildman–Crippen LogP) is 3.68. The molecule has 0 aliphatic heterocycles. The lowest BCUT2D eigenvalue weighted by molar-refractivity contribution is -0.137. The third-order valence-electron chi connectivity index (χ3n) is 4.29. The van der Waals surface area contributed by atoms with Gasteiger partial charge >= 0.3 is 6.18 Å². The fraction of sp³-hybridized carbons (Fsp3) is 0.105. The Kier molecular flexibility index (Phi) is 4.26. The van der Waals surface area contributed by atoms with E-state index in [1.54, 1.807) is 37.4 Å². The van der Waals surface area contributed by atoms with Gasteiger partial charge in [0.2, 0.25) is 0 Å². The monoisotopic (exact) mass is 400 g/mol. The van der Waals surface area contributed by atoms with Crippen molar-refractivity contribution in [1.29, 1.82) is 0 Å². The molecule has 29 heavy (non-hydrogen) atoms. The van der Waals surface area contributed by atoms with E-state index in [-0.39, 0.29) is 22.9 Å². The smallest absolute Gasteiger partial charge is 0.382 e. The van der Waals surface area contributed by atoms with Gasteiger partial charge in [0.15, 0.2) is 5.82 Å². The summed E-state index contributed by atoms with van der Waals surface area (Å²) < 4.78 is 41.9. The zero-order chi connectivity index (χ0) is 20.8. The molecule has 3 aromatic heterocycles. The number of benzene rings is 1. The molecule has 0 aliphatic rings. The first-order valence-corrected chi connectivity index (χ1v) is 8.52. The van der Waals surface area contributed by atoms with Crippen LogP contribution in [0.2, 0.25) is 0 Å². The number of pyridine rings is 1. The van der Waals surface area contributed by atoms with Gasteiger partial charge in [-0.3, -0.25) is 4.79 Å². The second-order valence-electron chi connectivity index (χ2n) is 6.38. The number of nitrogen functional groups attached to an aromatic ring is 1. The number of fused-ring (bicyclic) bond motifs is 1. The molecule has 0 fully saturated rings. The molecule has 7 nitrogen and oxygen atoms in total. The molecule has 0 atom stereocenters. The van der Waals surface area contributed by atoms with Crippen LogP contribution in [-0.2, 0) is 6.18 Å². The maximum atomic E-state index is 13.1. The van der Waals surface area contributed by atoms with Gasteiger partial charge in [-0.2, -0.15) is 18.3 Å². The molecule has 1 amide bonds. The number of carbonyl (C=O) groups excluding carboxylic acids is 1. The third kappa shape index (κ3) is 3.40. The van der Waals surface area contributed by atoms with Gasteiger partial charge in [0.25, 0.3) is 5.91 Å². The van der Waals surface area contributed by atoms with Crippen molar-refractivity contribution in [2.24, 2.45) is 0 Å². The van der Waals surface area contributed by atoms with E-state index in [2.05, 4.69) is 15.5 Å². The Morgan fingerprint density at radius 2 is 1.90 bits per heavy atom. The summed E-state index contributed by atoms with van der Waals surface area (Å²) in [5, 5.41) is 11.0. The molecule has 3 heterocycles. The molecule has 0 saturated carbocycles. The van der Waals surface area contributed by atoms with Crippen molar-refractivity contribution in [3.8, 4) is 5.69 Å². The van der Waals surface area contributed by atoms with Crippen molar-refractivity contribution < 1.29 is 18.0 Å². The molecule has 0 spiro atoms. The van der Waals surface area contributed by atoms with Gasteiger partial charge < -0.3 is 11.1 Å². The topological polar surface area (TPSA) is 90.2 Å². The average molecular weight is 400 g/mol. The number of alkyl halides is 3. The minimum Gasteiger partial charge on any atom is -0.382 e. The number of nitrogens with two attached hydrogens (primary N) is 1. The summed E-state index contributed by atoms with van der Waals surface area (Å²) >= 11 is 0. The van der Waals surface area contributed by atoms with Crippen molar-refractivity contribution in [3.63, 3.8) is 0 Å². The number of hydrogen-bond donors (Lipinski definition) is 2. The van der Waals surface area contributed by atoms with Crippen LogP contribution < -0.4 is 11.1 Å². The highest BCUT2D eigenvalue weighted by atomic mass is 19.4. The van der Waals surface area contributed by atoms with Crippen LogP contribution in [0.15, 0.2) is 54.7 Å². The molecule has 10 heteroatoms. The predicted molar refractivity (Wildman–Crippen MR) is 101 cm³/mol. The van der Waals surface area contributed by atoms with E-state index >= 15 is 0 Å².